The van der Waals surface area contributed by atoms with Gasteiger partial charge in [-0.15, -0.1) is 0 Å². The molecule has 0 spiro atoms. The van der Waals surface area contributed by atoms with Gasteiger partial charge in [0.1, 0.15) is 17.6 Å². The van der Waals surface area contributed by atoms with Crippen molar-refractivity contribution in [1.82, 2.24) is 0 Å². The molecule has 2 aromatic carbocycles. The largest absolute Gasteiger partial charge is 0.507 e. The Labute approximate surface area is 131 Å². The summed E-state index contributed by atoms with van der Waals surface area (Å²) >= 11 is 0. The van der Waals surface area contributed by atoms with E-state index in [0.717, 1.165) is 18.2 Å². The maximum Gasteiger partial charge on any atom is 0.320 e. The summed E-state index contributed by atoms with van der Waals surface area (Å²) in [7, 11) is 0. The first-order valence-corrected chi connectivity index (χ1v) is 6.74. The lowest BCUT2D eigenvalue weighted by atomic mass is 10.1. The molecule has 2 rings (SSSR count). The zero-order valence-corrected chi connectivity index (χ0v) is 12.0. The van der Waals surface area contributed by atoms with E-state index in [4.69, 9.17) is 10.8 Å². The second-order valence-corrected chi connectivity index (χ2v) is 4.96. The van der Waals surface area contributed by atoms with Crippen LogP contribution in [0.1, 0.15) is 15.9 Å². The van der Waals surface area contributed by atoms with Gasteiger partial charge in [0.25, 0.3) is 5.91 Å². The van der Waals surface area contributed by atoms with Crippen molar-refractivity contribution in [3.63, 3.8) is 0 Å². The van der Waals surface area contributed by atoms with E-state index < -0.39 is 23.7 Å². The number of nitrogens with one attached hydrogen (secondary N) is 1. The summed E-state index contributed by atoms with van der Waals surface area (Å²) in [6, 6.07) is 8.47. The molecule has 0 aliphatic heterocycles. The third-order valence-electron chi connectivity index (χ3n) is 3.19. The third-order valence-corrected chi connectivity index (χ3v) is 3.19. The molecule has 23 heavy (non-hydrogen) atoms. The standard InChI is InChI=1S/C16H15FN2O4/c17-10-3-6-14(20)12(8-10)15(21)19-11-4-1-9(2-5-11)7-13(18)16(22)23/h1-6,8,13,20H,7,18H2,(H,19,21)(H,22,23)/t13-/m0/s1. The number of carbonyl (C=O) groups excluding carboxylic acids is 1. The predicted molar refractivity (Wildman–Crippen MR) is 81.8 cm³/mol. The number of carboxylic acid groups (broad SMARTS) is 1. The molecule has 1 amide bonds. The van der Waals surface area contributed by atoms with Crippen molar-refractivity contribution in [2.45, 2.75) is 12.5 Å². The van der Waals surface area contributed by atoms with Gasteiger partial charge in [-0.1, -0.05) is 12.1 Å². The molecule has 0 aliphatic carbocycles. The summed E-state index contributed by atoms with van der Waals surface area (Å²) in [6.45, 7) is 0. The number of phenols is 1. The van der Waals surface area contributed by atoms with Gasteiger partial charge >= 0.3 is 5.97 Å². The van der Waals surface area contributed by atoms with Crippen molar-refractivity contribution in [2.75, 3.05) is 5.32 Å². The van der Waals surface area contributed by atoms with E-state index in [-0.39, 0.29) is 17.7 Å². The van der Waals surface area contributed by atoms with Crippen LogP contribution in [0.5, 0.6) is 5.75 Å². The van der Waals surface area contributed by atoms with Gasteiger partial charge < -0.3 is 21.3 Å². The molecule has 0 heterocycles. The molecule has 0 fully saturated rings. The Balaban J connectivity index is 2.07. The van der Waals surface area contributed by atoms with Crippen LogP contribution in [0, 0.1) is 5.82 Å². The SMILES string of the molecule is N[C@@H](Cc1ccc(NC(=O)c2cc(F)ccc2O)cc1)C(=O)O. The van der Waals surface area contributed by atoms with E-state index in [0.29, 0.717) is 11.3 Å². The lowest BCUT2D eigenvalue weighted by Gasteiger charge is -2.09. The summed E-state index contributed by atoms with van der Waals surface area (Å²) in [6.07, 6.45) is 0.161. The van der Waals surface area contributed by atoms with Gasteiger partial charge in [0, 0.05) is 5.69 Å². The van der Waals surface area contributed by atoms with Crippen LogP contribution in [0.4, 0.5) is 10.1 Å². The van der Waals surface area contributed by atoms with E-state index in [2.05, 4.69) is 5.32 Å². The number of halogens is 1. The molecular formula is C16H15FN2O4. The fourth-order valence-corrected chi connectivity index (χ4v) is 1.95. The Morgan fingerprint density at radius 1 is 1.17 bits per heavy atom. The van der Waals surface area contributed by atoms with Gasteiger partial charge in [-0.2, -0.15) is 0 Å². The number of hydrogen-bond acceptors (Lipinski definition) is 4. The molecule has 0 radical (unpaired) electrons. The van der Waals surface area contributed by atoms with Crippen LogP contribution in [-0.2, 0) is 11.2 Å². The number of amides is 1. The number of nitrogens with two attached hydrogens (primary N) is 1. The lowest BCUT2D eigenvalue weighted by Crippen LogP contribution is -2.32. The number of aromatic hydroxyl groups is 1. The van der Waals surface area contributed by atoms with Crippen LogP contribution >= 0.6 is 0 Å². The minimum atomic E-state index is -1.09. The number of rotatable bonds is 5. The fraction of sp³-hybridized carbons (Fsp3) is 0.125. The number of hydrogen-bond donors (Lipinski definition) is 4. The second kappa shape index (κ2) is 6.89. The van der Waals surface area contributed by atoms with Crippen molar-refractivity contribution in [2.24, 2.45) is 5.73 Å². The summed E-state index contributed by atoms with van der Waals surface area (Å²) in [4.78, 5) is 22.7. The van der Waals surface area contributed by atoms with Gasteiger partial charge in [-0.25, -0.2) is 4.39 Å². The molecule has 0 aromatic heterocycles. The van der Waals surface area contributed by atoms with E-state index >= 15 is 0 Å². The lowest BCUT2D eigenvalue weighted by molar-refractivity contribution is -0.138. The zero-order valence-electron chi connectivity index (χ0n) is 12.0. The Kier molecular flexibility index (Phi) is 4.92. The molecule has 0 unspecified atom stereocenters. The zero-order chi connectivity index (χ0) is 17.0. The monoisotopic (exact) mass is 318 g/mol. The highest BCUT2D eigenvalue weighted by molar-refractivity contribution is 6.06. The van der Waals surface area contributed by atoms with Gasteiger partial charge in [0.15, 0.2) is 0 Å². The fourth-order valence-electron chi connectivity index (χ4n) is 1.95. The number of phenolic OH excluding ortho intramolecular Hbond substituents is 1. The Morgan fingerprint density at radius 2 is 1.83 bits per heavy atom. The van der Waals surface area contributed by atoms with Crippen molar-refractivity contribution in [3.8, 4) is 5.75 Å². The molecule has 0 bridgehead atoms. The number of carbonyl (C=O) groups is 2. The molecule has 1 atom stereocenters. The van der Waals surface area contributed by atoms with Gasteiger partial charge in [0.05, 0.1) is 5.56 Å². The highest BCUT2D eigenvalue weighted by Crippen LogP contribution is 2.20. The Hall–Kier alpha value is -2.93. The molecule has 2 aromatic rings. The highest BCUT2D eigenvalue weighted by atomic mass is 19.1. The normalized spacial score (nSPS) is 11.7. The van der Waals surface area contributed by atoms with Crippen molar-refractivity contribution in [1.29, 1.82) is 0 Å². The molecule has 0 saturated heterocycles. The average molecular weight is 318 g/mol. The minimum absolute atomic E-state index is 0.161. The molecule has 7 heteroatoms. The van der Waals surface area contributed by atoms with Crippen molar-refractivity contribution >= 4 is 17.6 Å². The maximum atomic E-state index is 13.1. The van der Waals surface area contributed by atoms with Gasteiger partial charge in [-0.3, -0.25) is 9.59 Å². The first kappa shape index (κ1) is 16.4. The predicted octanol–water partition coefficient (Wildman–Crippen LogP) is 1.74. The average Bonchev–Trinajstić information content (AvgIpc) is 2.51. The molecule has 0 aliphatic rings. The quantitative estimate of drug-likeness (QED) is 0.671. The van der Waals surface area contributed by atoms with E-state index in [1.165, 1.54) is 0 Å². The first-order chi connectivity index (χ1) is 10.9. The number of aliphatic carboxylic acids is 1. The summed E-state index contributed by atoms with van der Waals surface area (Å²) in [5.74, 6) is -2.71. The van der Waals surface area contributed by atoms with Crippen LogP contribution in [0.15, 0.2) is 42.5 Å². The smallest absolute Gasteiger partial charge is 0.320 e. The maximum absolute atomic E-state index is 13.1. The second-order valence-electron chi connectivity index (χ2n) is 4.96. The summed E-state index contributed by atoms with van der Waals surface area (Å²) in [5.41, 5.74) is 6.39. The summed E-state index contributed by atoms with van der Waals surface area (Å²) < 4.78 is 13.1. The Morgan fingerprint density at radius 3 is 2.43 bits per heavy atom. The van der Waals surface area contributed by atoms with Gasteiger partial charge in [-0.05, 0) is 42.3 Å². The third kappa shape index (κ3) is 4.27. The van der Waals surface area contributed by atoms with Crippen molar-refractivity contribution in [3.05, 3.63) is 59.4 Å². The number of carboxylic acids is 1. The van der Waals surface area contributed by atoms with E-state index in [1.54, 1.807) is 24.3 Å². The van der Waals surface area contributed by atoms with E-state index in [9.17, 15) is 19.1 Å². The number of benzene rings is 2. The van der Waals surface area contributed by atoms with Crippen LogP contribution in [-0.4, -0.2) is 28.1 Å². The van der Waals surface area contributed by atoms with Gasteiger partial charge in [0.2, 0.25) is 0 Å². The topological polar surface area (TPSA) is 113 Å². The van der Waals surface area contributed by atoms with Crippen LogP contribution < -0.4 is 11.1 Å². The molecule has 5 N–H and O–H groups in total. The minimum Gasteiger partial charge on any atom is -0.507 e. The first-order valence-electron chi connectivity index (χ1n) is 6.74. The summed E-state index contributed by atoms with van der Waals surface area (Å²) in [5, 5.41) is 20.9. The van der Waals surface area contributed by atoms with Crippen LogP contribution in [0.3, 0.4) is 0 Å². The highest BCUT2D eigenvalue weighted by Gasteiger charge is 2.14. The van der Waals surface area contributed by atoms with Crippen LogP contribution in [0.2, 0.25) is 0 Å². The molecule has 6 nitrogen and oxygen atoms in total. The molecular weight excluding hydrogens is 303 g/mol. The van der Waals surface area contributed by atoms with E-state index in [1.807, 2.05) is 0 Å². The molecule has 120 valence electrons. The van der Waals surface area contributed by atoms with Crippen LogP contribution in [0.25, 0.3) is 0 Å². The Bertz CT molecular complexity index is 731. The van der Waals surface area contributed by atoms with Crippen molar-refractivity contribution < 1.29 is 24.2 Å². The number of anilines is 1. The molecule has 0 saturated carbocycles.